The van der Waals surface area contributed by atoms with Crippen molar-refractivity contribution in [1.29, 1.82) is 0 Å². The molecule has 0 atom stereocenters. The topological polar surface area (TPSA) is 0 Å². The molecule has 10 rings (SSSR count). The molecule has 0 unspecified atom stereocenters. The van der Waals surface area contributed by atoms with Crippen LogP contribution >= 0.6 is 22.7 Å². The Hall–Kier alpha value is -5.65. The van der Waals surface area contributed by atoms with Crippen LogP contribution in [0.4, 0.5) is 0 Å². The first-order chi connectivity index (χ1) is 40.2. The number of benzene rings is 8. The van der Waals surface area contributed by atoms with Crippen molar-refractivity contribution in [2.24, 2.45) is 0 Å². The van der Waals surface area contributed by atoms with Gasteiger partial charge in [0.05, 0.1) is 0 Å². The van der Waals surface area contributed by atoms with Gasteiger partial charge in [-0.2, -0.15) is 0 Å². The first-order valence-electron chi connectivity index (χ1n) is 31.9. The van der Waals surface area contributed by atoms with Crippen molar-refractivity contribution in [3.05, 3.63) is 142 Å². The van der Waals surface area contributed by atoms with Gasteiger partial charge >= 0.3 is 0 Å². The highest BCUT2D eigenvalue weighted by molar-refractivity contribution is 7.17. The van der Waals surface area contributed by atoms with E-state index in [1.807, 2.05) is 22.7 Å². The Balaban J connectivity index is 0.000000205. The summed E-state index contributed by atoms with van der Waals surface area (Å²) in [5.74, 6) is 15.6. The summed E-state index contributed by atoms with van der Waals surface area (Å²) in [6, 6.07) is 48.6. The predicted molar refractivity (Wildman–Crippen MR) is 393 cm³/mol. The first kappa shape index (κ1) is 62.9. The fraction of sp³-hybridized carbons (Fsp3) is 0.385. The standard InChI is InChI=1S/C44H54Si2.C34H38S2Si2/c1-29(2)45(30(3)4,31(5)6)23-21-39-41-25-35-17-13-15-19-37(35)27-43(41)40(22-24-46(32(7)8,33(9)10)34(11)12)44-28-38-20-16-14-18-36(38)26-42(39)44;1-7-37(8-2,9-3)19-15-27-29-21-25-13-17-36-34(25)24-32(29)28(16-20-38(10-4,11-5)12-6)30-22-26-14-18-35-33(26)23-31(27)30/h13-20,25-34H,1-12H3;13-14,17-18,21-24H,7-12H2,1-6H3. The summed E-state index contributed by atoms with van der Waals surface area (Å²) in [5, 5.41) is 22.1. The van der Waals surface area contributed by atoms with E-state index in [2.05, 4.69) is 290 Å². The second-order valence-corrected chi connectivity index (χ2v) is 49.1. The van der Waals surface area contributed by atoms with Crippen molar-refractivity contribution in [2.75, 3.05) is 0 Å². The van der Waals surface area contributed by atoms with E-state index in [0.29, 0.717) is 33.2 Å². The van der Waals surface area contributed by atoms with E-state index in [9.17, 15) is 0 Å². The van der Waals surface area contributed by atoms with Gasteiger partial charge in [-0.3, -0.25) is 0 Å². The summed E-state index contributed by atoms with van der Waals surface area (Å²) < 4.78 is 2.67. The van der Waals surface area contributed by atoms with Crippen molar-refractivity contribution >= 4 is 140 Å². The first-order valence-corrected chi connectivity index (χ1v) is 43.4. The van der Waals surface area contributed by atoms with Crippen molar-refractivity contribution in [1.82, 2.24) is 0 Å². The lowest BCUT2D eigenvalue weighted by molar-refractivity contribution is 0.838. The van der Waals surface area contributed by atoms with Gasteiger partial charge in [-0.15, -0.1) is 44.8 Å². The summed E-state index contributed by atoms with van der Waals surface area (Å²) in [4.78, 5) is 0. The van der Waals surface area contributed by atoms with E-state index in [1.165, 1.54) is 143 Å². The van der Waals surface area contributed by atoms with Crippen LogP contribution in [-0.4, -0.2) is 32.3 Å². The van der Waals surface area contributed by atoms with Crippen molar-refractivity contribution < 1.29 is 0 Å². The molecule has 2 aromatic heterocycles. The Morgan fingerprint density at radius 1 is 0.298 bits per heavy atom. The van der Waals surface area contributed by atoms with Gasteiger partial charge in [-0.1, -0.05) is 197 Å². The molecule has 0 fully saturated rings. The molecule has 0 saturated carbocycles. The van der Waals surface area contributed by atoms with Crippen molar-refractivity contribution in [3.8, 4) is 45.9 Å². The molecule has 6 heteroatoms. The third-order valence-corrected chi connectivity index (χ3v) is 44.4. The Morgan fingerprint density at radius 3 is 0.762 bits per heavy atom. The lowest BCUT2D eigenvalue weighted by Gasteiger charge is -2.38. The Labute approximate surface area is 518 Å². The zero-order valence-electron chi connectivity index (χ0n) is 54.1. The van der Waals surface area contributed by atoms with Crippen molar-refractivity contribution in [2.45, 2.75) is 194 Å². The Kier molecular flexibility index (Phi) is 19.3. The van der Waals surface area contributed by atoms with Crippen LogP contribution < -0.4 is 0 Å². The minimum atomic E-state index is -1.97. The number of hydrogen-bond acceptors (Lipinski definition) is 2. The van der Waals surface area contributed by atoms with Gasteiger partial charge in [0, 0.05) is 42.4 Å². The smallest absolute Gasteiger partial charge is 0.144 e. The lowest BCUT2D eigenvalue weighted by atomic mass is 9.89. The molecular weight excluding hydrogens is 1110 g/mol. The maximum atomic E-state index is 4.11. The minimum Gasteiger partial charge on any atom is -0.144 e. The minimum absolute atomic E-state index is 0.575. The fourth-order valence-corrected chi connectivity index (χ4v) is 31.8. The van der Waals surface area contributed by atoms with E-state index in [0.717, 1.165) is 0 Å². The monoisotopic (exact) mass is 1200 g/mol. The third-order valence-electron chi connectivity index (χ3n) is 20.6. The van der Waals surface area contributed by atoms with Gasteiger partial charge in [0.2, 0.25) is 0 Å². The molecule has 0 amide bonds. The van der Waals surface area contributed by atoms with Crippen LogP contribution in [0, 0.1) is 45.9 Å². The van der Waals surface area contributed by atoms with Gasteiger partial charge < -0.3 is 0 Å². The summed E-state index contributed by atoms with van der Waals surface area (Å²) in [6.45, 7) is 43.0. The van der Waals surface area contributed by atoms with Crippen LogP contribution in [0.1, 0.15) is 147 Å². The highest BCUT2D eigenvalue weighted by Crippen LogP contribution is 2.45. The summed E-state index contributed by atoms with van der Waals surface area (Å²) in [7, 11) is -7.14. The predicted octanol–water partition coefficient (Wildman–Crippen LogP) is 24.7. The van der Waals surface area contributed by atoms with Crippen LogP contribution in [0.15, 0.2) is 120 Å². The molecule has 0 aliphatic carbocycles. The maximum Gasteiger partial charge on any atom is 0.146 e. The number of rotatable bonds is 12. The quantitative estimate of drug-likeness (QED) is 0.0650. The van der Waals surface area contributed by atoms with E-state index < -0.39 is 32.3 Å². The van der Waals surface area contributed by atoms with Gasteiger partial charge in [0.25, 0.3) is 0 Å². The summed E-state index contributed by atoms with van der Waals surface area (Å²) in [5.41, 5.74) is 24.3. The molecule has 0 spiro atoms. The average Bonchev–Trinajstić information content (AvgIpc) is 2.32. The van der Waals surface area contributed by atoms with Crippen LogP contribution in [0.5, 0.6) is 0 Å². The highest BCUT2D eigenvalue weighted by atomic mass is 32.1. The van der Waals surface area contributed by atoms with E-state index in [4.69, 9.17) is 0 Å². The van der Waals surface area contributed by atoms with E-state index in [-0.39, 0.29) is 0 Å². The molecule has 84 heavy (non-hydrogen) atoms. The number of fused-ring (bicyclic) bond motifs is 8. The van der Waals surface area contributed by atoms with Crippen LogP contribution in [0.3, 0.4) is 0 Å². The Morgan fingerprint density at radius 2 is 0.524 bits per heavy atom. The van der Waals surface area contributed by atoms with E-state index >= 15 is 0 Å². The highest BCUT2D eigenvalue weighted by Gasteiger charge is 2.43. The SMILES string of the molecule is CC(C)[Si](C#Cc1c2cc3ccccc3cc2c(C#C[Si](C(C)C)(C(C)C)C(C)C)c2cc3ccccc3cc12)(C(C)C)C(C)C.CC[Si](C#Cc1c2cc3ccsc3cc2c(C#C[Si](CC)(CC)CC)c2cc3ccsc3cc12)(CC)CC. The molecule has 0 bridgehead atoms. The van der Waals surface area contributed by atoms with Gasteiger partial charge in [-0.05, 0) is 206 Å². The maximum absolute atomic E-state index is 4.11. The molecule has 2 heterocycles. The second-order valence-electron chi connectivity index (χ2n) is 26.2. The van der Waals surface area contributed by atoms with Crippen LogP contribution in [-0.2, 0) is 0 Å². The largest absolute Gasteiger partial charge is 0.146 e. The van der Waals surface area contributed by atoms with Gasteiger partial charge in [-0.25, -0.2) is 0 Å². The third kappa shape index (κ3) is 11.5. The summed E-state index contributed by atoms with van der Waals surface area (Å²) in [6.07, 6.45) is 0. The fourth-order valence-electron chi connectivity index (χ4n) is 14.9. The molecule has 8 aromatic carbocycles. The normalized spacial score (nSPS) is 12.5. The van der Waals surface area contributed by atoms with Crippen LogP contribution in [0.25, 0.3) is 84.8 Å². The molecule has 10 aromatic rings. The molecule has 0 N–H and O–H groups in total. The van der Waals surface area contributed by atoms with Crippen LogP contribution in [0.2, 0.25) is 69.5 Å². The molecule has 0 nitrogen and oxygen atoms in total. The molecule has 432 valence electrons. The zero-order valence-corrected chi connectivity index (χ0v) is 59.7. The zero-order chi connectivity index (χ0) is 60.5. The summed E-state index contributed by atoms with van der Waals surface area (Å²) >= 11 is 3.65. The van der Waals surface area contributed by atoms with E-state index in [1.54, 1.807) is 0 Å². The number of hydrogen-bond donors (Lipinski definition) is 0. The lowest BCUT2D eigenvalue weighted by Crippen LogP contribution is -2.43. The second kappa shape index (κ2) is 25.7. The average molecular weight is 1210 g/mol. The molecule has 0 radical (unpaired) electrons. The molecule has 0 aliphatic heterocycles. The van der Waals surface area contributed by atoms with Gasteiger partial charge in [0.15, 0.2) is 0 Å². The molecular formula is C78H92S2Si4. The van der Waals surface area contributed by atoms with Crippen molar-refractivity contribution in [3.63, 3.8) is 0 Å². The Bertz CT molecular complexity index is 3830. The number of thiophene rings is 2. The molecule has 0 saturated heterocycles. The molecule has 0 aliphatic rings. The van der Waals surface area contributed by atoms with Gasteiger partial charge in [0.1, 0.15) is 32.3 Å².